The fourth-order valence-electron chi connectivity index (χ4n) is 2.97. The van der Waals surface area contributed by atoms with Gasteiger partial charge >= 0.3 is 0 Å². The maximum Gasteiger partial charge on any atom is 0.229 e. The van der Waals surface area contributed by atoms with E-state index in [-0.39, 0.29) is 24.8 Å². The predicted molar refractivity (Wildman–Crippen MR) is 103 cm³/mol. The molecular formula is C19H18Cl2N2O3. The van der Waals surface area contributed by atoms with Crippen molar-refractivity contribution in [1.82, 2.24) is 0 Å². The second-order valence-corrected chi connectivity index (χ2v) is 6.98. The molecule has 1 unspecified atom stereocenters. The molecule has 5 nitrogen and oxygen atoms in total. The van der Waals surface area contributed by atoms with Crippen molar-refractivity contribution in [3.63, 3.8) is 0 Å². The van der Waals surface area contributed by atoms with Gasteiger partial charge in [0.2, 0.25) is 11.8 Å². The third kappa shape index (κ3) is 3.64. The van der Waals surface area contributed by atoms with E-state index in [1.165, 1.54) is 0 Å². The first-order chi connectivity index (χ1) is 12.4. The maximum absolute atomic E-state index is 12.6. The summed E-state index contributed by atoms with van der Waals surface area (Å²) >= 11 is 12.2. The van der Waals surface area contributed by atoms with Crippen LogP contribution >= 0.6 is 23.2 Å². The lowest BCUT2D eigenvalue weighted by Crippen LogP contribution is -2.28. The first-order valence-electron chi connectivity index (χ1n) is 8.10. The highest BCUT2D eigenvalue weighted by Crippen LogP contribution is 2.35. The predicted octanol–water partition coefficient (Wildman–Crippen LogP) is 4.30. The van der Waals surface area contributed by atoms with Crippen LogP contribution in [0.5, 0.6) is 5.75 Å². The van der Waals surface area contributed by atoms with Crippen molar-refractivity contribution < 1.29 is 14.3 Å². The molecular weight excluding hydrogens is 375 g/mol. The minimum Gasteiger partial charge on any atom is -0.495 e. The molecule has 0 saturated carbocycles. The van der Waals surface area contributed by atoms with Gasteiger partial charge in [-0.3, -0.25) is 9.59 Å². The molecule has 1 heterocycles. The molecule has 2 aromatic rings. The van der Waals surface area contributed by atoms with Gasteiger partial charge < -0.3 is 15.0 Å². The van der Waals surface area contributed by atoms with Crippen molar-refractivity contribution in [2.45, 2.75) is 13.3 Å². The smallest absolute Gasteiger partial charge is 0.229 e. The zero-order valence-corrected chi connectivity index (χ0v) is 15.9. The second kappa shape index (κ2) is 7.56. The number of benzene rings is 2. The van der Waals surface area contributed by atoms with Crippen LogP contribution in [-0.4, -0.2) is 25.5 Å². The molecule has 0 aromatic heterocycles. The summed E-state index contributed by atoms with van der Waals surface area (Å²) in [6, 6.07) is 10.6. The van der Waals surface area contributed by atoms with Crippen LogP contribution in [0.4, 0.5) is 11.4 Å². The third-order valence-corrected chi connectivity index (χ3v) is 4.96. The fourth-order valence-corrected chi connectivity index (χ4v) is 3.46. The summed E-state index contributed by atoms with van der Waals surface area (Å²) in [5, 5.41) is 3.45. The Morgan fingerprint density at radius 2 is 1.92 bits per heavy atom. The number of methoxy groups -OCH3 is 1. The summed E-state index contributed by atoms with van der Waals surface area (Å²) in [4.78, 5) is 26.7. The molecule has 1 N–H and O–H groups in total. The number of hydrogen-bond donors (Lipinski definition) is 1. The van der Waals surface area contributed by atoms with Gasteiger partial charge in [-0.05, 0) is 36.8 Å². The van der Waals surface area contributed by atoms with Gasteiger partial charge in [-0.1, -0.05) is 35.3 Å². The Bertz CT molecular complexity index is 850. The third-order valence-electron chi connectivity index (χ3n) is 4.33. The van der Waals surface area contributed by atoms with Gasteiger partial charge in [0.25, 0.3) is 0 Å². The quantitative estimate of drug-likeness (QED) is 0.843. The minimum absolute atomic E-state index is 0.116. The number of halogens is 2. The van der Waals surface area contributed by atoms with Gasteiger partial charge in [0, 0.05) is 13.0 Å². The summed E-state index contributed by atoms with van der Waals surface area (Å²) in [6.07, 6.45) is 0.116. The van der Waals surface area contributed by atoms with Crippen LogP contribution in [0.1, 0.15) is 12.0 Å². The topological polar surface area (TPSA) is 58.6 Å². The Morgan fingerprint density at radius 3 is 2.58 bits per heavy atom. The monoisotopic (exact) mass is 392 g/mol. The van der Waals surface area contributed by atoms with Crippen molar-refractivity contribution in [1.29, 1.82) is 0 Å². The largest absolute Gasteiger partial charge is 0.495 e. The van der Waals surface area contributed by atoms with Gasteiger partial charge in [0.05, 0.1) is 34.4 Å². The van der Waals surface area contributed by atoms with Crippen LogP contribution < -0.4 is 15.0 Å². The van der Waals surface area contributed by atoms with Crippen molar-refractivity contribution >= 4 is 46.4 Å². The number of rotatable bonds is 4. The summed E-state index contributed by atoms with van der Waals surface area (Å²) < 4.78 is 5.35. The van der Waals surface area contributed by atoms with E-state index in [1.807, 2.05) is 25.1 Å². The van der Waals surface area contributed by atoms with E-state index in [4.69, 9.17) is 27.9 Å². The molecule has 3 rings (SSSR count). The summed E-state index contributed by atoms with van der Waals surface area (Å²) in [7, 11) is 1.55. The number of nitrogens with one attached hydrogen (secondary N) is 1. The van der Waals surface area contributed by atoms with E-state index in [1.54, 1.807) is 30.2 Å². The standard InChI is InChI=1S/C19H18Cl2N2O3/c1-11-6-7-16(26-2)15(8-11)23-10-12(9-17(23)24)19(25)22-18-13(20)4-3-5-14(18)21/h3-8,12H,9-10H2,1-2H3,(H,22,25). The highest BCUT2D eigenvalue weighted by Gasteiger charge is 2.36. The van der Waals surface area contributed by atoms with Gasteiger partial charge in [0.15, 0.2) is 0 Å². The summed E-state index contributed by atoms with van der Waals surface area (Å²) in [5.41, 5.74) is 2.03. The SMILES string of the molecule is COc1ccc(C)cc1N1CC(C(=O)Nc2c(Cl)cccc2Cl)CC1=O. The Morgan fingerprint density at radius 1 is 1.23 bits per heavy atom. The highest BCUT2D eigenvalue weighted by molar-refractivity contribution is 6.39. The summed E-state index contributed by atoms with van der Waals surface area (Å²) in [5.74, 6) is -0.319. The molecule has 1 aliphatic rings. The van der Waals surface area contributed by atoms with Gasteiger partial charge in [-0.2, -0.15) is 0 Å². The van der Waals surface area contributed by atoms with E-state index in [0.717, 1.165) is 5.56 Å². The van der Waals surface area contributed by atoms with Crippen LogP contribution in [0.3, 0.4) is 0 Å². The van der Waals surface area contributed by atoms with Crippen LogP contribution in [0, 0.1) is 12.8 Å². The van der Waals surface area contributed by atoms with E-state index in [0.29, 0.717) is 27.2 Å². The normalized spacial score (nSPS) is 16.7. The molecule has 0 spiro atoms. The zero-order chi connectivity index (χ0) is 18.8. The number of ether oxygens (including phenoxy) is 1. The van der Waals surface area contributed by atoms with Crippen LogP contribution in [0.25, 0.3) is 0 Å². The van der Waals surface area contributed by atoms with E-state index >= 15 is 0 Å². The lowest BCUT2D eigenvalue weighted by molar-refractivity contribution is -0.122. The Balaban J connectivity index is 1.80. The molecule has 0 radical (unpaired) electrons. The number of aryl methyl sites for hydroxylation is 1. The van der Waals surface area contributed by atoms with Crippen molar-refractivity contribution in [2.75, 3.05) is 23.9 Å². The molecule has 1 aliphatic heterocycles. The lowest BCUT2D eigenvalue weighted by Gasteiger charge is -2.20. The number of para-hydroxylation sites is 1. The van der Waals surface area contributed by atoms with E-state index in [2.05, 4.69) is 5.32 Å². The van der Waals surface area contributed by atoms with Gasteiger partial charge in [-0.25, -0.2) is 0 Å². The van der Waals surface area contributed by atoms with Gasteiger partial charge in [0.1, 0.15) is 5.75 Å². The maximum atomic E-state index is 12.6. The Kier molecular flexibility index (Phi) is 5.39. The molecule has 0 bridgehead atoms. The Labute approximate surface area is 161 Å². The molecule has 136 valence electrons. The average Bonchev–Trinajstić information content (AvgIpc) is 3.00. The van der Waals surface area contributed by atoms with Gasteiger partial charge in [-0.15, -0.1) is 0 Å². The second-order valence-electron chi connectivity index (χ2n) is 6.17. The molecule has 2 amide bonds. The molecule has 7 heteroatoms. The number of hydrogen-bond acceptors (Lipinski definition) is 3. The first-order valence-corrected chi connectivity index (χ1v) is 8.86. The van der Waals surface area contributed by atoms with Crippen molar-refractivity contribution in [3.8, 4) is 5.75 Å². The number of anilines is 2. The zero-order valence-electron chi connectivity index (χ0n) is 14.4. The number of carbonyl (C=O) groups excluding carboxylic acids is 2. The van der Waals surface area contributed by atoms with Crippen molar-refractivity contribution in [2.24, 2.45) is 5.92 Å². The molecule has 1 atom stereocenters. The number of carbonyl (C=O) groups is 2. The van der Waals surface area contributed by atoms with E-state index in [9.17, 15) is 9.59 Å². The summed E-state index contributed by atoms with van der Waals surface area (Å²) in [6.45, 7) is 2.21. The molecule has 0 aliphatic carbocycles. The van der Waals surface area contributed by atoms with E-state index < -0.39 is 5.92 Å². The van der Waals surface area contributed by atoms with Crippen molar-refractivity contribution in [3.05, 3.63) is 52.0 Å². The lowest BCUT2D eigenvalue weighted by atomic mass is 10.1. The van der Waals surface area contributed by atoms with Crippen LogP contribution in [0.2, 0.25) is 10.0 Å². The first kappa shape index (κ1) is 18.5. The fraction of sp³-hybridized carbons (Fsp3) is 0.263. The average molecular weight is 393 g/mol. The van der Waals surface area contributed by atoms with Crippen LogP contribution in [-0.2, 0) is 9.59 Å². The molecule has 2 aromatic carbocycles. The van der Waals surface area contributed by atoms with Crippen LogP contribution in [0.15, 0.2) is 36.4 Å². The Hall–Kier alpha value is -2.24. The minimum atomic E-state index is -0.500. The molecule has 1 saturated heterocycles. The molecule has 1 fully saturated rings. The molecule has 26 heavy (non-hydrogen) atoms. The number of amides is 2. The number of nitrogens with zero attached hydrogens (tertiary/aromatic N) is 1. The highest BCUT2D eigenvalue weighted by atomic mass is 35.5.